The molecule has 0 atom stereocenters. The van der Waals surface area contributed by atoms with E-state index in [2.05, 4.69) is 76.0 Å². The summed E-state index contributed by atoms with van der Waals surface area (Å²) in [6.07, 6.45) is 0. The lowest BCUT2D eigenvalue weighted by Crippen LogP contribution is -1.85. The third kappa shape index (κ3) is 4.48. The highest BCUT2D eigenvalue weighted by Gasteiger charge is 2.09. The molecule has 156 valence electrons. The number of rotatable bonds is 1. The number of pyridine rings is 2. The van der Waals surface area contributed by atoms with Gasteiger partial charge in [0.05, 0.1) is 26.9 Å². The fourth-order valence-electron chi connectivity index (χ4n) is 3.30. The van der Waals surface area contributed by atoms with E-state index < -0.39 is 0 Å². The molecule has 0 saturated carbocycles. The fourth-order valence-corrected chi connectivity index (χ4v) is 5.48. The van der Waals surface area contributed by atoms with Crippen LogP contribution < -0.4 is 0 Å². The molecule has 32 heavy (non-hydrogen) atoms. The van der Waals surface area contributed by atoms with E-state index in [0.29, 0.717) is 0 Å². The smallest absolute Gasteiger partial charge is 0.143 e. The van der Waals surface area contributed by atoms with Gasteiger partial charge in [0.1, 0.15) is 9.61 Å². The molecule has 7 heteroatoms. The largest absolute Gasteiger partial charge is 0.244 e. The molecule has 6 aromatic rings. The molecule has 0 aliphatic rings. The first-order valence-corrected chi connectivity index (χ1v) is 12.9. The Labute approximate surface area is 213 Å². The number of hydrogen-bond donors (Lipinski definition) is 0. The highest BCUT2D eigenvalue weighted by atomic mass is 79.9. The minimum atomic E-state index is 0.863. The predicted molar refractivity (Wildman–Crippen MR) is 145 cm³/mol. The van der Waals surface area contributed by atoms with E-state index in [1.165, 1.54) is 4.70 Å². The van der Waals surface area contributed by atoms with Crippen molar-refractivity contribution in [3.8, 4) is 10.7 Å². The van der Waals surface area contributed by atoms with E-state index in [1.54, 1.807) is 11.3 Å². The number of halogens is 3. The van der Waals surface area contributed by atoms with E-state index in [4.69, 9.17) is 4.98 Å². The van der Waals surface area contributed by atoms with Crippen LogP contribution >= 0.6 is 59.1 Å². The van der Waals surface area contributed by atoms with Gasteiger partial charge < -0.3 is 0 Å². The highest BCUT2D eigenvalue weighted by molar-refractivity contribution is 9.11. The van der Waals surface area contributed by atoms with E-state index >= 15 is 0 Å². The molecule has 0 radical (unpaired) electrons. The second-order valence-corrected chi connectivity index (χ2v) is 10.5. The van der Waals surface area contributed by atoms with Gasteiger partial charge in [0.15, 0.2) is 0 Å². The van der Waals surface area contributed by atoms with Crippen molar-refractivity contribution in [2.45, 2.75) is 0 Å². The second-order valence-electron chi connectivity index (χ2n) is 6.94. The Morgan fingerprint density at radius 3 is 1.94 bits per heavy atom. The summed E-state index contributed by atoms with van der Waals surface area (Å²) in [5, 5.41) is 3.24. The van der Waals surface area contributed by atoms with Gasteiger partial charge in [0, 0.05) is 19.7 Å². The first-order chi connectivity index (χ1) is 15.6. The number of para-hydroxylation sites is 3. The third-order valence-corrected chi connectivity index (χ3v) is 7.60. The zero-order chi connectivity index (χ0) is 22.1. The maximum atomic E-state index is 4.74. The quantitative estimate of drug-likeness (QED) is 0.171. The molecule has 3 aromatic heterocycles. The van der Waals surface area contributed by atoms with Crippen molar-refractivity contribution in [2.75, 3.05) is 0 Å². The lowest BCUT2D eigenvalue weighted by atomic mass is 10.2. The number of benzene rings is 3. The summed E-state index contributed by atoms with van der Waals surface area (Å²) in [5.74, 6) is 0. The van der Waals surface area contributed by atoms with Crippen LogP contribution in [0.2, 0.25) is 0 Å². The van der Waals surface area contributed by atoms with Crippen LogP contribution in [0.3, 0.4) is 0 Å². The normalized spacial score (nSPS) is 11.0. The maximum absolute atomic E-state index is 4.74. The van der Waals surface area contributed by atoms with Gasteiger partial charge in [-0.2, -0.15) is 0 Å². The summed E-state index contributed by atoms with van der Waals surface area (Å²) >= 11 is 12.0. The van der Waals surface area contributed by atoms with Crippen LogP contribution in [0, 0.1) is 0 Å². The van der Waals surface area contributed by atoms with Crippen LogP contribution in [-0.4, -0.2) is 15.0 Å². The Hall–Kier alpha value is -2.19. The van der Waals surface area contributed by atoms with Gasteiger partial charge in [0.25, 0.3) is 0 Å². The van der Waals surface area contributed by atoms with E-state index in [-0.39, 0.29) is 0 Å². The van der Waals surface area contributed by atoms with Gasteiger partial charge in [-0.3, -0.25) is 0 Å². The summed E-state index contributed by atoms with van der Waals surface area (Å²) < 4.78 is 4.10. The van der Waals surface area contributed by atoms with Crippen molar-refractivity contribution >= 4 is 91.1 Å². The van der Waals surface area contributed by atoms with Crippen LogP contribution in [0.15, 0.2) is 98.5 Å². The zero-order valence-electron chi connectivity index (χ0n) is 16.5. The number of fused-ring (bicyclic) bond motifs is 3. The molecular formula is C25H14Br3N3S. The first kappa shape index (κ1) is 21.6. The van der Waals surface area contributed by atoms with Crippen molar-refractivity contribution in [1.29, 1.82) is 0 Å². The predicted octanol–water partition coefficient (Wildman–Crippen LogP) is 9.03. The fraction of sp³-hybridized carbons (Fsp3) is 0. The van der Waals surface area contributed by atoms with E-state index in [0.717, 1.165) is 51.6 Å². The summed E-state index contributed by atoms with van der Waals surface area (Å²) in [5.41, 5.74) is 3.92. The van der Waals surface area contributed by atoms with Crippen LogP contribution in [0.5, 0.6) is 0 Å². The van der Waals surface area contributed by atoms with Crippen molar-refractivity contribution in [2.24, 2.45) is 0 Å². The summed E-state index contributed by atoms with van der Waals surface area (Å²) in [4.78, 5) is 13.7. The van der Waals surface area contributed by atoms with Gasteiger partial charge in [-0.25, -0.2) is 15.0 Å². The van der Waals surface area contributed by atoms with E-state index in [1.807, 2.05) is 66.7 Å². The Morgan fingerprint density at radius 2 is 1.22 bits per heavy atom. The SMILES string of the molecule is Brc1ccc2cccc(Br)c2n1.Brc1cccc2ccc(-c3nc4ccccc4s3)nc12. The highest BCUT2D eigenvalue weighted by Crippen LogP contribution is 2.31. The Kier molecular flexibility index (Phi) is 6.33. The molecule has 3 nitrogen and oxygen atoms in total. The minimum Gasteiger partial charge on any atom is -0.244 e. The lowest BCUT2D eigenvalue weighted by molar-refractivity contribution is 1.34. The number of nitrogens with zero attached hydrogens (tertiary/aromatic N) is 3. The number of hydrogen-bond acceptors (Lipinski definition) is 4. The molecule has 3 aromatic carbocycles. The molecule has 0 amide bonds. The van der Waals surface area contributed by atoms with Gasteiger partial charge in [-0.05, 0) is 84.2 Å². The topological polar surface area (TPSA) is 38.7 Å². The summed E-state index contributed by atoms with van der Waals surface area (Å²) in [6.45, 7) is 0. The van der Waals surface area contributed by atoms with Crippen LogP contribution in [0.4, 0.5) is 0 Å². The lowest BCUT2D eigenvalue weighted by Gasteiger charge is -2.01. The molecule has 0 fully saturated rings. The molecule has 3 heterocycles. The second kappa shape index (κ2) is 9.35. The molecule has 0 unspecified atom stereocenters. The minimum absolute atomic E-state index is 0.863. The first-order valence-electron chi connectivity index (χ1n) is 9.70. The number of aromatic nitrogens is 3. The molecule has 0 aliphatic heterocycles. The standard InChI is InChI=1S/C16H9BrN2S.C9H5Br2N/c17-11-5-3-4-10-8-9-13(18-15(10)11)16-19-12-6-1-2-7-14(12)20-16;10-7-3-1-2-6-4-5-8(11)12-9(6)7/h1-9H;1-5H. The summed E-state index contributed by atoms with van der Waals surface area (Å²) in [6, 6.07) is 28.4. The van der Waals surface area contributed by atoms with Gasteiger partial charge in [0.2, 0.25) is 0 Å². The van der Waals surface area contributed by atoms with Crippen molar-refractivity contribution in [1.82, 2.24) is 15.0 Å². The monoisotopic (exact) mass is 625 g/mol. The van der Waals surface area contributed by atoms with Crippen molar-refractivity contribution < 1.29 is 0 Å². The average molecular weight is 628 g/mol. The van der Waals surface area contributed by atoms with Gasteiger partial charge in [-0.15, -0.1) is 11.3 Å². The van der Waals surface area contributed by atoms with Gasteiger partial charge in [-0.1, -0.05) is 48.5 Å². The molecule has 0 spiro atoms. The summed E-state index contributed by atoms with van der Waals surface area (Å²) in [7, 11) is 0. The average Bonchev–Trinajstić information content (AvgIpc) is 3.25. The Bertz CT molecular complexity index is 1550. The Balaban J connectivity index is 0.000000154. The van der Waals surface area contributed by atoms with Crippen LogP contribution in [-0.2, 0) is 0 Å². The molecular weight excluding hydrogens is 614 g/mol. The van der Waals surface area contributed by atoms with E-state index in [9.17, 15) is 0 Å². The molecule has 0 saturated heterocycles. The zero-order valence-corrected chi connectivity index (χ0v) is 22.0. The maximum Gasteiger partial charge on any atom is 0.143 e. The Morgan fingerprint density at radius 1 is 0.562 bits per heavy atom. The number of thiazole rings is 1. The van der Waals surface area contributed by atoms with Crippen LogP contribution in [0.1, 0.15) is 0 Å². The van der Waals surface area contributed by atoms with Crippen LogP contribution in [0.25, 0.3) is 42.7 Å². The van der Waals surface area contributed by atoms with Crippen molar-refractivity contribution in [3.05, 3.63) is 98.5 Å². The van der Waals surface area contributed by atoms with Gasteiger partial charge >= 0.3 is 0 Å². The molecule has 0 bridgehead atoms. The molecule has 0 N–H and O–H groups in total. The van der Waals surface area contributed by atoms with Crippen molar-refractivity contribution in [3.63, 3.8) is 0 Å². The third-order valence-electron chi connectivity index (χ3n) is 4.82. The molecule has 6 rings (SSSR count). The molecule has 0 aliphatic carbocycles.